The van der Waals surface area contributed by atoms with E-state index in [1.54, 1.807) is 11.9 Å². The van der Waals surface area contributed by atoms with Crippen molar-refractivity contribution in [3.8, 4) is 0 Å². The van der Waals surface area contributed by atoms with Crippen molar-refractivity contribution in [2.75, 3.05) is 7.05 Å². The molecule has 0 aromatic heterocycles. The Kier molecular flexibility index (Phi) is 1.02. The Balaban J connectivity index is 2.62. The first kappa shape index (κ1) is 4.64. The van der Waals surface area contributed by atoms with Crippen molar-refractivity contribution in [2.24, 2.45) is 10.2 Å². The van der Waals surface area contributed by atoms with Crippen LogP contribution in [0.15, 0.2) is 10.2 Å². The zero-order chi connectivity index (χ0) is 5.28. The Bertz CT molecular complexity index is 119. The number of hydrogen-bond donors (Lipinski definition) is 0. The number of nitrogens with zero attached hydrogens (tertiary/aromatic N) is 3. The Morgan fingerprint density at radius 3 is 2.71 bits per heavy atom. The van der Waals surface area contributed by atoms with Gasteiger partial charge in [-0.1, -0.05) is 0 Å². The fourth-order valence-electron chi connectivity index (χ4n) is 0.242. The maximum atomic E-state index is 4.64. The molecule has 7 heavy (non-hydrogen) atoms. The second kappa shape index (κ2) is 1.54. The molecule has 0 aromatic carbocycles. The zero-order valence-electron chi connectivity index (χ0n) is 3.75. The van der Waals surface area contributed by atoms with E-state index in [4.69, 9.17) is 0 Å². The fourth-order valence-corrected chi connectivity index (χ4v) is 0.324. The van der Waals surface area contributed by atoms with Gasteiger partial charge in [0.25, 0.3) is 6.67 Å². The van der Waals surface area contributed by atoms with Crippen LogP contribution in [0.2, 0.25) is 0 Å². The van der Waals surface area contributed by atoms with Crippen molar-refractivity contribution in [1.82, 2.24) is 4.90 Å². The molecule has 0 aromatic rings. The first-order chi connectivity index (χ1) is 3.30. The largest absolute Gasteiger partial charge is 0.315 e. The van der Waals surface area contributed by atoms with Crippen LogP contribution in [-0.2, 0) is 0 Å². The third-order valence-corrected chi connectivity index (χ3v) is 0.973. The molecule has 3 nitrogen and oxygen atoms in total. The van der Waals surface area contributed by atoms with Gasteiger partial charge in [-0.2, -0.15) is 0 Å². The van der Waals surface area contributed by atoms with Crippen LogP contribution < -0.4 is 0 Å². The van der Waals surface area contributed by atoms with Crippen LogP contribution in [-0.4, -0.2) is 17.1 Å². The van der Waals surface area contributed by atoms with Crippen LogP contribution in [0, 0.1) is 6.67 Å². The lowest BCUT2D eigenvalue weighted by Gasteiger charge is -1.99. The standard InChI is InChI=1S/C3H3N3S/c1-6-2-4-5-3(6)7/h1H3. The van der Waals surface area contributed by atoms with E-state index in [1.165, 1.54) is 0 Å². The van der Waals surface area contributed by atoms with Gasteiger partial charge in [-0.05, 0) is 12.2 Å². The van der Waals surface area contributed by atoms with Crippen molar-refractivity contribution in [1.29, 1.82) is 0 Å². The first-order valence-electron chi connectivity index (χ1n) is 1.75. The highest BCUT2D eigenvalue weighted by molar-refractivity contribution is 7.80. The minimum absolute atomic E-state index is 0.472. The molecule has 0 fully saturated rings. The highest BCUT2D eigenvalue weighted by atomic mass is 32.1. The Hall–Kier alpha value is -0.510. The van der Waals surface area contributed by atoms with Crippen molar-refractivity contribution < 1.29 is 0 Å². The maximum Gasteiger partial charge on any atom is 0.255 e. The summed E-state index contributed by atoms with van der Waals surface area (Å²) in [6, 6.07) is 0. The monoisotopic (exact) mass is 113 g/mol. The SMILES string of the molecule is CN1[C]N=NC1=S. The summed E-state index contributed by atoms with van der Waals surface area (Å²) in [6.07, 6.45) is 0. The summed E-state index contributed by atoms with van der Waals surface area (Å²) in [6.45, 7) is 2.52. The molecular formula is C3H3N3S. The molecule has 1 aliphatic heterocycles. The van der Waals surface area contributed by atoms with Crippen LogP contribution in [0.1, 0.15) is 0 Å². The molecule has 0 saturated carbocycles. The molecule has 0 atom stereocenters. The van der Waals surface area contributed by atoms with Gasteiger partial charge < -0.3 is 4.90 Å². The van der Waals surface area contributed by atoms with E-state index >= 15 is 0 Å². The molecule has 0 aliphatic carbocycles. The van der Waals surface area contributed by atoms with Gasteiger partial charge in [-0.3, -0.25) is 0 Å². The van der Waals surface area contributed by atoms with Crippen LogP contribution in [0.5, 0.6) is 0 Å². The molecule has 1 rings (SSSR count). The first-order valence-corrected chi connectivity index (χ1v) is 2.15. The second-order valence-corrected chi connectivity index (χ2v) is 1.51. The molecule has 0 unspecified atom stereocenters. The Morgan fingerprint density at radius 2 is 2.57 bits per heavy atom. The molecule has 1 aliphatic rings. The lowest BCUT2D eigenvalue weighted by atomic mass is 10.9. The van der Waals surface area contributed by atoms with Gasteiger partial charge in [0.2, 0.25) is 5.11 Å². The number of rotatable bonds is 0. The fraction of sp³-hybridized carbons (Fsp3) is 0.333. The summed E-state index contributed by atoms with van der Waals surface area (Å²) in [7, 11) is 1.75. The lowest BCUT2D eigenvalue weighted by molar-refractivity contribution is 0.642. The van der Waals surface area contributed by atoms with Crippen LogP contribution in [0.25, 0.3) is 0 Å². The smallest absolute Gasteiger partial charge is 0.255 e. The minimum Gasteiger partial charge on any atom is -0.315 e. The third kappa shape index (κ3) is 0.742. The zero-order valence-corrected chi connectivity index (χ0v) is 4.57. The van der Waals surface area contributed by atoms with Crippen LogP contribution >= 0.6 is 12.2 Å². The normalized spacial score (nSPS) is 19.0. The average Bonchev–Trinajstić information content (AvgIpc) is 1.91. The molecule has 0 saturated heterocycles. The van der Waals surface area contributed by atoms with Gasteiger partial charge in [0.05, 0.1) is 0 Å². The molecule has 0 bridgehead atoms. The lowest BCUT2D eigenvalue weighted by Crippen LogP contribution is -2.13. The van der Waals surface area contributed by atoms with Crippen LogP contribution in [0.4, 0.5) is 0 Å². The molecule has 36 valence electrons. The van der Waals surface area contributed by atoms with Gasteiger partial charge in [0, 0.05) is 7.05 Å². The van der Waals surface area contributed by atoms with E-state index in [-0.39, 0.29) is 0 Å². The van der Waals surface area contributed by atoms with E-state index < -0.39 is 0 Å². The molecule has 0 N–H and O–H groups in total. The van der Waals surface area contributed by atoms with Crippen molar-refractivity contribution in [3.05, 3.63) is 6.67 Å². The number of hydrogen-bond acceptors (Lipinski definition) is 2. The minimum atomic E-state index is 0.472. The predicted molar refractivity (Wildman–Crippen MR) is 28.5 cm³/mol. The highest BCUT2D eigenvalue weighted by Crippen LogP contribution is 2.03. The molecule has 0 amide bonds. The highest BCUT2D eigenvalue weighted by Gasteiger charge is 2.08. The summed E-state index contributed by atoms with van der Waals surface area (Å²) in [5.74, 6) is 0. The molecule has 1 heterocycles. The van der Waals surface area contributed by atoms with Gasteiger partial charge in [0.15, 0.2) is 0 Å². The molecular weight excluding hydrogens is 110 g/mol. The van der Waals surface area contributed by atoms with Crippen molar-refractivity contribution in [3.63, 3.8) is 0 Å². The number of thiocarbonyl (C=S) groups is 1. The second-order valence-electron chi connectivity index (χ2n) is 1.14. The van der Waals surface area contributed by atoms with Crippen molar-refractivity contribution in [2.45, 2.75) is 0 Å². The predicted octanol–water partition coefficient (Wildman–Crippen LogP) is 0.665. The van der Waals surface area contributed by atoms with Gasteiger partial charge >= 0.3 is 0 Å². The van der Waals surface area contributed by atoms with Crippen LogP contribution in [0.3, 0.4) is 0 Å². The van der Waals surface area contributed by atoms with E-state index in [0.29, 0.717) is 5.11 Å². The molecule has 2 radical (unpaired) electrons. The summed E-state index contributed by atoms with van der Waals surface area (Å²) < 4.78 is 0. The van der Waals surface area contributed by atoms with E-state index in [9.17, 15) is 0 Å². The summed E-state index contributed by atoms with van der Waals surface area (Å²) in [5.41, 5.74) is 0. The topological polar surface area (TPSA) is 28.0 Å². The Labute approximate surface area is 47.0 Å². The maximum absolute atomic E-state index is 4.64. The molecule has 4 heteroatoms. The third-order valence-electron chi connectivity index (χ3n) is 0.617. The summed E-state index contributed by atoms with van der Waals surface area (Å²) in [4.78, 5) is 1.55. The number of azo groups is 1. The summed E-state index contributed by atoms with van der Waals surface area (Å²) >= 11 is 4.64. The van der Waals surface area contributed by atoms with Gasteiger partial charge in [0.1, 0.15) is 0 Å². The Morgan fingerprint density at radius 1 is 1.86 bits per heavy atom. The van der Waals surface area contributed by atoms with E-state index in [2.05, 4.69) is 29.1 Å². The van der Waals surface area contributed by atoms with Gasteiger partial charge in [-0.25, -0.2) is 0 Å². The quantitative estimate of drug-likeness (QED) is 0.432. The molecule has 0 spiro atoms. The van der Waals surface area contributed by atoms with E-state index in [1.807, 2.05) is 0 Å². The van der Waals surface area contributed by atoms with E-state index in [0.717, 1.165) is 0 Å². The van der Waals surface area contributed by atoms with Crippen molar-refractivity contribution >= 4 is 17.3 Å². The van der Waals surface area contributed by atoms with Gasteiger partial charge in [-0.15, -0.1) is 10.2 Å². The summed E-state index contributed by atoms with van der Waals surface area (Å²) in [5, 5.41) is 7.37. The average molecular weight is 113 g/mol.